The summed E-state index contributed by atoms with van der Waals surface area (Å²) in [5.41, 5.74) is 8.27. The van der Waals surface area contributed by atoms with Crippen LogP contribution in [-0.2, 0) is 7.05 Å². The largest absolute Gasteiger partial charge is 0.455 e. The van der Waals surface area contributed by atoms with Crippen molar-refractivity contribution in [3.63, 3.8) is 0 Å². The predicted molar refractivity (Wildman–Crippen MR) is 155 cm³/mol. The summed E-state index contributed by atoms with van der Waals surface area (Å²) in [6.07, 6.45) is 7.42. The molecule has 186 valence electrons. The topological polar surface area (TPSA) is 13.1 Å². The maximum atomic E-state index is 6.86. The van der Waals surface area contributed by atoms with Crippen molar-refractivity contribution in [2.24, 2.45) is 12.5 Å². The molecule has 2 heterocycles. The summed E-state index contributed by atoms with van der Waals surface area (Å²) in [5.74, 6) is 2.65. The van der Waals surface area contributed by atoms with Gasteiger partial charge in [0.05, 0.1) is 10.9 Å². The second kappa shape index (κ2) is 7.81. The number of hydrogen-bond donors (Lipinski definition) is 0. The first-order valence-electron chi connectivity index (χ1n) is 13.8. The molecule has 2 heteroatoms. The molecular weight excluding hydrogens is 450 g/mol. The first-order chi connectivity index (χ1) is 17.7. The normalized spacial score (nSPS) is 16.8. The predicted octanol–water partition coefficient (Wildman–Crippen LogP) is 9.35. The molecule has 37 heavy (non-hydrogen) atoms. The molecule has 1 fully saturated rings. The van der Waals surface area contributed by atoms with Crippen molar-refractivity contribution in [2.75, 3.05) is 0 Å². The molecule has 2 nitrogen and oxygen atoms in total. The van der Waals surface area contributed by atoms with Crippen molar-refractivity contribution in [2.45, 2.75) is 66.2 Å². The van der Waals surface area contributed by atoms with Crippen LogP contribution in [0.3, 0.4) is 0 Å². The van der Waals surface area contributed by atoms with Gasteiger partial charge in [-0.15, -0.1) is 0 Å². The Hall–Kier alpha value is -3.39. The number of benzene rings is 4. The van der Waals surface area contributed by atoms with Crippen molar-refractivity contribution >= 4 is 32.3 Å². The number of nitrogens with zero attached hydrogens (tertiary/aromatic N) is 1. The second-order valence-corrected chi connectivity index (χ2v) is 12.5. The number of hydrogen-bond acceptors (Lipinski definition) is 1. The monoisotopic (exact) mass is 486 g/mol. The number of aromatic nitrogens is 1. The Morgan fingerprint density at radius 1 is 0.811 bits per heavy atom. The van der Waals surface area contributed by atoms with E-state index in [4.69, 9.17) is 4.74 Å². The Morgan fingerprint density at radius 2 is 1.57 bits per heavy atom. The number of ether oxygens (including phenoxy) is 1. The fraction of sp³-hybridized carbons (Fsp3) is 0.343. The lowest BCUT2D eigenvalue weighted by Crippen LogP contribution is -2.32. The molecule has 0 amide bonds. The van der Waals surface area contributed by atoms with Crippen LogP contribution in [0.25, 0.3) is 43.6 Å². The van der Waals surface area contributed by atoms with Gasteiger partial charge in [-0.05, 0) is 96.5 Å². The first kappa shape index (κ1) is 22.8. The first-order valence-corrected chi connectivity index (χ1v) is 13.8. The van der Waals surface area contributed by atoms with Crippen LogP contribution in [0.2, 0.25) is 0 Å². The van der Waals surface area contributed by atoms with Gasteiger partial charge in [-0.1, -0.05) is 55.8 Å². The van der Waals surface area contributed by atoms with E-state index in [9.17, 15) is 0 Å². The summed E-state index contributed by atoms with van der Waals surface area (Å²) in [6, 6.07) is 18.6. The summed E-state index contributed by atoms with van der Waals surface area (Å²) in [6.45, 7) is 11.5. The Labute approximate surface area is 219 Å². The molecule has 0 bridgehead atoms. The highest BCUT2D eigenvalue weighted by Crippen LogP contribution is 2.52. The van der Waals surface area contributed by atoms with Crippen molar-refractivity contribution in [1.82, 2.24) is 0 Å². The van der Waals surface area contributed by atoms with Gasteiger partial charge in [0.15, 0.2) is 6.20 Å². The van der Waals surface area contributed by atoms with E-state index in [0.29, 0.717) is 11.3 Å². The van der Waals surface area contributed by atoms with Crippen LogP contribution in [0, 0.1) is 26.2 Å². The maximum absolute atomic E-state index is 6.86. The highest BCUT2D eigenvalue weighted by atomic mass is 16.5. The molecule has 1 aliphatic carbocycles. The number of rotatable bonds is 1. The fourth-order valence-electron chi connectivity index (χ4n) is 7.08. The molecule has 4 aromatic carbocycles. The average Bonchev–Trinajstić information content (AvgIpc) is 2.88. The SMILES string of the molecule is Cc1ccc2c(C)c3c(c(C)c2c1)-c1c2c(cc4cc(C5CCC(C)(C)CC5)ccc4c2cc[n+]1C)O3. The number of fused-ring (bicyclic) bond motifs is 5. The van der Waals surface area contributed by atoms with E-state index < -0.39 is 0 Å². The molecule has 1 saturated carbocycles. The maximum Gasteiger partial charge on any atom is 0.228 e. The zero-order chi connectivity index (χ0) is 25.6. The smallest absolute Gasteiger partial charge is 0.228 e. The molecule has 0 unspecified atom stereocenters. The lowest BCUT2D eigenvalue weighted by Gasteiger charge is -2.34. The lowest BCUT2D eigenvalue weighted by atomic mass is 9.71. The highest BCUT2D eigenvalue weighted by molar-refractivity contribution is 6.16. The minimum atomic E-state index is 0.486. The third kappa shape index (κ3) is 3.34. The lowest BCUT2D eigenvalue weighted by molar-refractivity contribution is -0.659. The Morgan fingerprint density at radius 3 is 2.35 bits per heavy atom. The molecule has 0 radical (unpaired) electrons. The Bertz CT molecular complexity index is 1760. The van der Waals surface area contributed by atoms with Gasteiger partial charge in [0.2, 0.25) is 5.69 Å². The molecule has 0 N–H and O–H groups in total. The van der Waals surface area contributed by atoms with Crippen LogP contribution < -0.4 is 9.30 Å². The van der Waals surface area contributed by atoms with Crippen LogP contribution >= 0.6 is 0 Å². The molecule has 0 spiro atoms. The van der Waals surface area contributed by atoms with Crippen molar-refractivity contribution in [3.05, 3.63) is 77.0 Å². The molecule has 0 saturated heterocycles. The van der Waals surface area contributed by atoms with E-state index in [1.165, 1.54) is 91.5 Å². The Balaban J connectivity index is 1.48. The Kier molecular flexibility index (Phi) is 4.81. The molecule has 1 aliphatic heterocycles. The number of aryl methyl sites for hydroxylation is 4. The van der Waals surface area contributed by atoms with Gasteiger partial charge < -0.3 is 4.74 Å². The third-order valence-electron chi connectivity index (χ3n) is 9.41. The molecule has 7 rings (SSSR count). The van der Waals surface area contributed by atoms with Crippen LogP contribution in [0.1, 0.15) is 67.7 Å². The molecule has 2 aliphatic rings. The van der Waals surface area contributed by atoms with E-state index >= 15 is 0 Å². The standard InChI is InChI=1S/C35H36NO/c1-20-7-9-26-22(3)34-31(21(2)29(26)17-20)33-32-28(13-16-36(33)6)27-10-8-24(18-25(27)19-30(32)37-34)23-11-14-35(4,5)15-12-23/h7-10,13,16-19,23H,11-12,14-15H2,1-6H3/q+1. The van der Waals surface area contributed by atoms with Crippen LogP contribution in [-0.4, -0.2) is 0 Å². The van der Waals surface area contributed by atoms with E-state index in [-0.39, 0.29) is 0 Å². The zero-order valence-electron chi connectivity index (χ0n) is 23.0. The summed E-state index contributed by atoms with van der Waals surface area (Å²) in [4.78, 5) is 0. The molecular formula is C35H36NO+. The van der Waals surface area contributed by atoms with Gasteiger partial charge in [-0.25, -0.2) is 4.57 Å². The van der Waals surface area contributed by atoms with E-state index in [0.717, 1.165) is 11.5 Å². The van der Waals surface area contributed by atoms with Crippen molar-refractivity contribution < 1.29 is 9.30 Å². The van der Waals surface area contributed by atoms with Gasteiger partial charge in [-0.3, -0.25) is 0 Å². The quantitative estimate of drug-likeness (QED) is 0.167. The minimum absolute atomic E-state index is 0.486. The number of pyridine rings is 1. The van der Waals surface area contributed by atoms with Crippen molar-refractivity contribution in [3.8, 4) is 22.8 Å². The molecule has 1 aromatic heterocycles. The van der Waals surface area contributed by atoms with Crippen LogP contribution in [0.4, 0.5) is 0 Å². The average molecular weight is 487 g/mol. The van der Waals surface area contributed by atoms with Crippen molar-refractivity contribution in [1.29, 1.82) is 0 Å². The van der Waals surface area contributed by atoms with Crippen LogP contribution in [0.15, 0.2) is 54.7 Å². The van der Waals surface area contributed by atoms with E-state index in [2.05, 4.69) is 101 Å². The zero-order valence-corrected chi connectivity index (χ0v) is 23.0. The van der Waals surface area contributed by atoms with Crippen LogP contribution in [0.5, 0.6) is 11.5 Å². The van der Waals surface area contributed by atoms with E-state index in [1.807, 2.05) is 0 Å². The van der Waals surface area contributed by atoms with Gasteiger partial charge in [0.1, 0.15) is 18.5 Å². The molecule has 5 aromatic rings. The highest BCUT2D eigenvalue weighted by Gasteiger charge is 2.33. The van der Waals surface area contributed by atoms with Gasteiger partial charge in [-0.2, -0.15) is 0 Å². The second-order valence-electron chi connectivity index (χ2n) is 12.5. The van der Waals surface area contributed by atoms with E-state index in [1.54, 1.807) is 0 Å². The van der Waals surface area contributed by atoms with Gasteiger partial charge in [0, 0.05) is 17.0 Å². The fourth-order valence-corrected chi connectivity index (χ4v) is 7.08. The van der Waals surface area contributed by atoms with Gasteiger partial charge >= 0.3 is 0 Å². The molecule has 0 atom stereocenters. The summed E-state index contributed by atoms with van der Waals surface area (Å²) < 4.78 is 9.14. The summed E-state index contributed by atoms with van der Waals surface area (Å²) in [5, 5.41) is 7.72. The summed E-state index contributed by atoms with van der Waals surface area (Å²) in [7, 11) is 2.17. The van der Waals surface area contributed by atoms with Gasteiger partial charge in [0.25, 0.3) is 0 Å². The minimum Gasteiger partial charge on any atom is -0.455 e. The summed E-state index contributed by atoms with van der Waals surface area (Å²) >= 11 is 0. The third-order valence-corrected chi connectivity index (χ3v) is 9.41.